The maximum atomic E-state index is 14.2. The minimum Gasteiger partial charge on any atom is -0.348 e. The molecule has 0 unspecified atom stereocenters. The molecular formula is C17H23BrFN3S. The minimum atomic E-state index is -0.274. The molecule has 3 rings (SSSR count). The van der Waals surface area contributed by atoms with E-state index in [0.29, 0.717) is 16.0 Å². The Hall–Kier alpha value is -0.720. The van der Waals surface area contributed by atoms with Crippen molar-refractivity contribution in [2.45, 2.75) is 57.7 Å². The number of piperidine rings is 1. The first-order valence-electron chi connectivity index (χ1n) is 7.85. The summed E-state index contributed by atoms with van der Waals surface area (Å²) in [7, 11) is 2.08. The summed E-state index contributed by atoms with van der Waals surface area (Å²) in [6.45, 7) is 8.96. The molecule has 0 amide bonds. The number of nitrogens with zero attached hydrogens (tertiary/aromatic N) is 2. The lowest BCUT2D eigenvalue weighted by Crippen LogP contribution is -2.61. The summed E-state index contributed by atoms with van der Waals surface area (Å²) >= 11 is 4.79. The van der Waals surface area contributed by atoms with E-state index in [1.807, 2.05) is 6.07 Å². The van der Waals surface area contributed by atoms with Crippen LogP contribution >= 0.6 is 27.3 Å². The van der Waals surface area contributed by atoms with Gasteiger partial charge in [0.15, 0.2) is 10.9 Å². The van der Waals surface area contributed by atoms with Crippen molar-refractivity contribution < 1.29 is 4.39 Å². The molecular weight excluding hydrogens is 377 g/mol. The van der Waals surface area contributed by atoms with Gasteiger partial charge in [0.25, 0.3) is 0 Å². The number of benzene rings is 1. The molecule has 1 saturated heterocycles. The SMILES string of the molecule is CN(c1nc2c(F)c(Br)ccc2s1)C1CC(C)(C)NC(C)(C)C1. The van der Waals surface area contributed by atoms with Crippen molar-refractivity contribution in [2.24, 2.45) is 0 Å². The number of anilines is 1. The fourth-order valence-electron chi connectivity index (χ4n) is 3.77. The monoisotopic (exact) mass is 399 g/mol. The van der Waals surface area contributed by atoms with Crippen LogP contribution in [0.2, 0.25) is 0 Å². The molecule has 1 aliphatic heterocycles. The van der Waals surface area contributed by atoms with Crippen LogP contribution in [0.4, 0.5) is 9.52 Å². The molecule has 2 heterocycles. The highest BCUT2D eigenvalue weighted by Gasteiger charge is 2.39. The largest absolute Gasteiger partial charge is 0.348 e. The number of thiazole rings is 1. The molecule has 23 heavy (non-hydrogen) atoms. The molecule has 0 spiro atoms. The summed E-state index contributed by atoms with van der Waals surface area (Å²) in [4.78, 5) is 6.79. The van der Waals surface area contributed by atoms with Crippen molar-refractivity contribution >= 4 is 42.6 Å². The first kappa shape index (κ1) is 17.1. The van der Waals surface area contributed by atoms with Gasteiger partial charge < -0.3 is 10.2 Å². The lowest BCUT2D eigenvalue weighted by Gasteiger charge is -2.48. The second kappa shape index (κ2) is 5.67. The number of hydrogen-bond acceptors (Lipinski definition) is 4. The Balaban J connectivity index is 1.94. The molecule has 3 nitrogen and oxygen atoms in total. The summed E-state index contributed by atoms with van der Waals surface area (Å²) in [6.07, 6.45) is 2.07. The lowest BCUT2D eigenvalue weighted by molar-refractivity contribution is 0.161. The number of aromatic nitrogens is 1. The Morgan fingerprint density at radius 3 is 2.48 bits per heavy atom. The van der Waals surface area contributed by atoms with E-state index in [2.05, 4.69) is 65.9 Å². The third-order valence-electron chi connectivity index (χ3n) is 4.46. The van der Waals surface area contributed by atoms with E-state index in [0.717, 1.165) is 22.7 Å². The lowest BCUT2D eigenvalue weighted by atomic mass is 9.79. The second-order valence-corrected chi connectivity index (χ2v) is 9.63. The number of rotatable bonds is 2. The van der Waals surface area contributed by atoms with Crippen molar-refractivity contribution in [3.05, 3.63) is 22.4 Å². The van der Waals surface area contributed by atoms with Gasteiger partial charge in [0, 0.05) is 24.2 Å². The second-order valence-electron chi connectivity index (χ2n) is 7.77. The van der Waals surface area contributed by atoms with E-state index >= 15 is 0 Å². The van der Waals surface area contributed by atoms with Crippen LogP contribution in [-0.2, 0) is 0 Å². The summed E-state index contributed by atoms with van der Waals surface area (Å²) in [6, 6.07) is 4.05. The van der Waals surface area contributed by atoms with Gasteiger partial charge in [-0.15, -0.1) is 0 Å². The molecule has 0 saturated carbocycles. The van der Waals surface area contributed by atoms with Crippen LogP contribution in [-0.4, -0.2) is 29.2 Å². The maximum Gasteiger partial charge on any atom is 0.186 e. The van der Waals surface area contributed by atoms with Crippen molar-refractivity contribution in [3.63, 3.8) is 0 Å². The summed E-state index contributed by atoms with van der Waals surface area (Å²) in [5.74, 6) is -0.274. The van der Waals surface area contributed by atoms with Crippen molar-refractivity contribution in [1.29, 1.82) is 0 Å². The minimum absolute atomic E-state index is 0.0750. The molecule has 1 aromatic carbocycles. The fraction of sp³-hybridized carbons (Fsp3) is 0.588. The van der Waals surface area contributed by atoms with Crippen LogP contribution in [0, 0.1) is 5.82 Å². The van der Waals surface area contributed by atoms with Gasteiger partial charge in [-0.25, -0.2) is 9.37 Å². The maximum absolute atomic E-state index is 14.2. The molecule has 1 fully saturated rings. The summed E-state index contributed by atoms with van der Waals surface area (Å²) in [5, 5.41) is 4.59. The average molecular weight is 400 g/mol. The standard InChI is InChI=1S/C17H23BrFN3S/c1-16(2)8-10(9-17(3,4)21-16)22(5)15-20-14-12(23-15)7-6-11(18)13(14)19/h6-7,10,21H,8-9H2,1-5H3. The van der Waals surface area contributed by atoms with Gasteiger partial charge in [0.2, 0.25) is 0 Å². The molecule has 0 atom stereocenters. The van der Waals surface area contributed by atoms with Gasteiger partial charge in [0.05, 0.1) is 9.17 Å². The third kappa shape index (κ3) is 3.39. The van der Waals surface area contributed by atoms with E-state index in [-0.39, 0.29) is 16.9 Å². The van der Waals surface area contributed by atoms with Gasteiger partial charge in [0.1, 0.15) is 5.52 Å². The number of fused-ring (bicyclic) bond motifs is 1. The van der Waals surface area contributed by atoms with E-state index in [9.17, 15) is 4.39 Å². The molecule has 1 aliphatic rings. The molecule has 0 bridgehead atoms. The van der Waals surface area contributed by atoms with Crippen molar-refractivity contribution in [3.8, 4) is 0 Å². The molecule has 0 radical (unpaired) electrons. The van der Waals surface area contributed by atoms with E-state index in [1.165, 1.54) is 0 Å². The first-order chi connectivity index (χ1) is 10.6. The normalized spacial score (nSPS) is 20.8. The van der Waals surface area contributed by atoms with Crippen LogP contribution in [0.15, 0.2) is 16.6 Å². The fourth-order valence-corrected chi connectivity index (χ4v) is 5.09. The first-order valence-corrected chi connectivity index (χ1v) is 9.46. The molecule has 6 heteroatoms. The highest BCUT2D eigenvalue weighted by Crippen LogP contribution is 2.37. The van der Waals surface area contributed by atoms with E-state index < -0.39 is 0 Å². The van der Waals surface area contributed by atoms with Crippen LogP contribution in [0.25, 0.3) is 10.2 Å². The highest BCUT2D eigenvalue weighted by molar-refractivity contribution is 9.10. The van der Waals surface area contributed by atoms with Gasteiger partial charge in [-0.1, -0.05) is 11.3 Å². The van der Waals surface area contributed by atoms with Crippen LogP contribution in [0.1, 0.15) is 40.5 Å². The molecule has 126 valence electrons. The summed E-state index contributed by atoms with van der Waals surface area (Å²) < 4.78 is 15.6. The number of hydrogen-bond donors (Lipinski definition) is 1. The predicted octanol–water partition coefficient (Wildman–Crippen LogP) is 4.94. The Morgan fingerprint density at radius 2 is 1.87 bits per heavy atom. The molecule has 2 aromatic rings. The average Bonchev–Trinajstić information content (AvgIpc) is 2.83. The van der Waals surface area contributed by atoms with Crippen LogP contribution in [0.3, 0.4) is 0 Å². The van der Waals surface area contributed by atoms with Crippen molar-refractivity contribution in [2.75, 3.05) is 11.9 Å². The van der Waals surface area contributed by atoms with Crippen LogP contribution < -0.4 is 10.2 Å². The van der Waals surface area contributed by atoms with Gasteiger partial charge in [-0.05, 0) is 68.6 Å². The highest BCUT2D eigenvalue weighted by atomic mass is 79.9. The van der Waals surface area contributed by atoms with Gasteiger partial charge >= 0.3 is 0 Å². The zero-order valence-electron chi connectivity index (χ0n) is 14.2. The molecule has 1 aromatic heterocycles. The van der Waals surface area contributed by atoms with E-state index in [1.54, 1.807) is 17.4 Å². The Bertz CT molecular complexity index is 725. The third-order valence-corrected chi connectivity index (χ3v) is 6.18. The smallest absolute Gasteiger partial charge is 0.186 e. The number of halogens is 2. The predicted molar refractivity (Wildman–Crippen MR) is 100.0 cm³/mol. The zero-order chi connectivity index (χ0) is 17.0. The summed E-state index contributed by atoms with van der Waals surface area (Å²) in [5.41, 5.74) is 0.607. The van der Waals surface area contributed by atoms with Crippen molar-refractivity contribution in [1.82, 2.24) is 10.3 Å². The van der Waals surface area contributed by atoms with Gasteiger partial charge in [-0.3, -0.25) is 0 Å². The molecule has 1 N–H and O–H groups in total. The molecule has 0 aliphatic carbocycles. The topological polar surface area (TPSA) is 28.2 Å². The quantitative estimate of drug-likeness (QED) is 0.774. The Morgan fingerprint density at radius 1 is 1.26 bits per heavy atom. The zero-order valence-corrected chi connectivity index (χ0v) is 16.6. The Kier molecular flexibility index (Phi) is 4.22. The number of nitrogens with one attached hydrogen (secondary N) is 1. The van der Waals surface area contributed by atoms with Gasteiger partial charge in [-0.2, -0.15) is 0 Å². The Labute approximate surface area is 149 Å². The van der Waals surface area contributed by atoms with Crippen LogP contribution in [0.5, 0.6) is 0 Å². The van der Waals surface area contributed by atoms with E-state index in [4.69, 9.17) is 0 Å².